The van der Waals surface area contributed by atoms with Crippen molar-refractivity contribution in [3.63, 3.8) is 0 Å². The summed E-state index contributed by atoms with van der Waals surface area (Å²) < 4.78 is 0. The summed E-state index contributed by atoms with van der Waals surface area (Å²) in [5, 5.41) is 2.90. The molecule has 1 aromatic heterocycles. The molecule has 0 spiro atoms. The molecule has 1 rings (SSSR count). The first-order valence-electron chi connectivity index (χ1n) is 3.80. The first-order valence-corrected chi connectivity index (χ1v) is 5.97. The third-order valence-electron chi connectivity index (χ3n) is 1.64. The minimum Gasteiger partial charge on any atom is -0.146 e. The Morgan fingerprint density at radius 2 is 2.08 bits per heavy atom. The highest BCUT2D eigenvalue weighted by atomic mass is 79.9. The maximum atomic E-state index is 6.02. The van der Waals surface area contributed by atoms with Crippen molar-refractivity contribution in [2.75, 3.05) is 0 Å². The van der Waals surface area contributed by atoms with E-state index in [-0.39, 0.29) is 5.41 Å². The van der Waals surface area contributed by atoms with Gasteiger partial charge in [0.1, 0.15) is 0 Å². The molecule has 12 heavy (non-hydrogen) atoms. The monoisotopic (exact) mass is 266 g/mol. The van der Waals surface area contributed by atoms with Crippen molar-refractivity contribution < 1.29 is 0 Å². The predicted molar refractivity (Wildman–Crippen MR) is 60.5 cm³/mol. The standard InChI is InChI=1S/C9H12BrClS/c1-9(2,3)8(10)7-6(11)4-5-12-7/h4-5,8H,1-3H3. The van der Waals surface area contributed by atoms with Gasteiger partial charge in [0.2, 0.25) is 0 Å². The average Bonchev–Trinajstić information content (AvgIpc) is 2.31. The number of hydrogen-bond donors (Lipinski definition) is 0. The van der Waals surface area contributed by atoms with Crippen LogP contribution < -0.4 is 0 Å². The van der Waals surface area contributed by atoms with Crippen LogP contribution in [0.15, 0.2) is 11.4 Å². The number of halogens is 2. The van der Waals surface area contributed by atoms with Crippen molar-refractivity contribution in [3.8, 4) is 0 Å². The van der Waals surface area contributed by atoms with Crippen molar-refractivity contribution in [3.05, 3.63) is 21.3 Å². The second-order valence-corrected chi connectivity index (χ2v) is 6.13. The minimum absolute atomic E-state index is 0.217. The number of thiophene rings is 1. The molecule has 3 heteroatoms. The maximum absolute atomic E-state index is 6.02. The average molecular weight is 268 g/mol. The van der Waals surface area contributed by atoms with Gasteiger partial charge in [-0.2, -0.15) is 0 Å². The van der Waals surface area contributed by atoms with Crippen LogP contribution in [0.5, 0.6) is 0 Å². The van der Waals surface area contributed by atoms with Crippen molar-refractivity contribution in [2.45, 2.75) is 25.6 Å². The van der Waals surface area contributed by atoms with Gasteiger partial charge in [-0.25, -0.2) is 0 Å². The molecule has 1 heterocycles. The summed E-state index contributed by atoms with van der Waals surface area (Å²) in [5.41, 5.74) is 0.217. The summed E-state index contributed by atoms with van der Waals surface area (Å²) in [6.45, 7) is 6.59. The lowest BCUT2D eigenvalue weighted by molar-refractivity contribution is 0.411. The van der Waals surface area contributed by atoms with Crippen LogP contribution in [0.2, 0.25) is 5.02 Å². The highest BCUT2D eigenvalue weighted by molar-refractivity contribution is 9.09. The molecule has 0 N–H and O–H groups in total. The van der Waals surface area contributed by atoms with Crippen LogP contribution in [-0.4, -0.2) is 0 Å². The number of alkyl halides is 1. The second kappa shape index (κ2) is 3.69. The van der Waals surface area contributed by atoms with Crippen LogP contribution in [0.25, 0.3) is 0 Å². The van der Waals surface area contributed by atoms with Crippen molar-refractivity contribution in [1.82, 2.24) is 0 Å². The smallest absolute Gasteiger partial charge is 0.0556 e. The Morgan fingerprint density at radius 3 is 2.42 bits per heavy atom. The predicted octanol–water partition coefficient (Wildman–Crippen LogP) is 4.88. The third kappa shape index (κ3) is 2.24. The fraction of sp³-hybridized carbons (Fsp3) is 0.556. The maximum Gasteiger partial charge on any atom is 0.0556 e. The number of hydrogen-bond acceptors (Lipinski definition) is 1. The van der Waals surface area contributed by atoms with Crippen LogP contribution in [0.4, 0.5) is 0 Å². The Kier molecular flexibility index (Phi) is 3.24. The van der Waals surface area contributed by atoms with Crippen LogP contribution in [-0.2, 0) is 0 Å². The molecule has 0 nitrogen and oxygen atoms in total. The van der Waals surface area contributed by atoms with E-state index in [1.807, 2.05) is 11.4 Å². The first-order chi connectivity index (χ1) is 5.43. The molecule has 0 saturated carbocycles. The molecule has 1 unspecified atom stereocenters. The molecule has 1 aromatic rings. The molecule has 0 saturated heterocycles. The molecule has 0 amide bonds. The van der Waals surface area contributed by atoms with Gasteiger partial charge in [-0.15, -0.1) is 11.3 Å². The first kappa shape index (κ1) is 10.6. The van der Waals surface area contributed by atoms with E-state index >= 15 is 0 Å². The summed E-state index contributed by atoms with van der Waals surface area (Å²) >= 11 is 11.4. The van der Waals surface area contributed by atoms with Crippen molar-refractivity contribution in [1.29, 1.82) is 0 Å². The molecular weight excluding hydrogens is 256 g/mol. The Labute approximate surface area is 91.1 Å². The molecule has 0 aliphatic carbocycles. The van der Waals surface area contributed by atoms with Gasteiger partial charge in [0.15, 0.2) is 0 Å². The molecule has 0 aromatic carbocycles. The van der Waals surface area contributed by atoms with E-state index in [2.05, 4.69) is 36.7 Å². The Bertz CT molecular complexity index is 262. The zero-order chi connectivity index (χ0) is 9.35. The van der Waals surface area contributed by atoms with E-state index < -0.39 is 0 Å². The zero-order valence-corrected chi connectivity index (χ0v) is 10.6. The molecule has 0 aliphatic rings. The van der Waals surface area contributed by atoms with Crippen LogP contribution in [0.3, 0.4) is 0 Å². The fourth-order valence-corrected chi connectivity index (χ4v) is 2.97. The normalized spacial score (nSPS) is 14.8. The summed E-state index contributed by atoms with van der Waals surface area (Å²) in [7, 11) is 0. The van der Waals surface area contributed by atoms with Gasteiger partial charge >= 0.3 is 0 Å². The Balaban J connectivity index is 2.92. The fourth-order valence-electron chi connectivity index (χ4n) is 0.880. The summed E-state index contributed by atoms with van der Waals surface area (Å²) in [6.07, 6.45) is 0. The van der Waals surface area contributed by atoms with Crippen LogP contribution in [0, 0.1) is 5.41 Å². The summed E-state index contributed by atoms with van der Waals surface area (Å²) in [6, 6.07) is 1.95. The van der Waals surface area contributed by atoms with E-state index in [1.165, 1.54) is 4.88 Å². The quantitative estimate of drug-likeness (QED) is 0.636. The third-order valence-corrected chi connectivity index (χ3v) is 5.19. The largest absolute Gasteiger partial charge is 0.146 e. The molecular formula is C9H12BrClS. The van der Waals surface area contributed by atoms with Crippen molar-refractivity contribution >= 4 is 38.9 Å². The van der Waals surface area contributed by atoms with E-state index in [0.717, 1.165) is 5.02 Å². The zero-order valence-electron chi connectivity index (χ0n) is 7.40. The summed E-state index contributed by atoms with van der Waals surface area (Å²) in [5.74, 6) is 0. The van der Waals surface area contributed by atoms with Gasteiger partial charge in [0, 0.05) is 4.88 Å². The highest BCUT2D eigenvalue weighted by Gasteiger charge is 2.26. The minimum atomic E-state index is 0.217. The lowest BCUT2D eigenvalue weighted by atomic mass is 9.91. The van der Waals surface area contributed by atoms with Gasteiger partial charge in [-0.05, 0) is 16.9 Å². The van der Waals surface area contributed by atoms with Crippen LogP contribution in [0.1, 0.15) is 30.5 Å². The second-order valence-electron chi connectivity index (χ2n) is 3.86. The van der Waals surface area contributed by atoms with Gasteiger partial charge < -0.3 is 0 Å². The topological polar surface area (TPSA) is 0 Å². The van der Waals surface area contributed by atoms with E-state index in [4.69, 9.17) is 11.6 Å². The van der Waals surface area contributed by atoms with Gasteiger partial charge in [0.25, 0.3) is 0 Å². The lowest BCUT2D eigenvalue weighted by Gasteiger charge is -2.24. The van der Waals surface area contributed by atoms with Gasteiger partial charge in [-0.1, -0.05) is 48.3 Å². The summed E-state index contributed by atoms with van der Waals surface area (Å²) in [4.78, 5) is 1.57. The molecule has 0 aliphatic heterocycles. The lowest BCUT2D eigenvalue weighted by Crippen LogP contribution is -2.11. The SMILES string of the molecule is CC(C)(C)C(Br)c1sccc1Cl. The van der Waals surface area contributed by atoms with Crippen LogP contribution >= 0.6 is 38.9 Å². The van der Waals surface area contributed by atoms with E-state index in [0.29, 0.717) is 4.83 Å². The van der Waals surface area contributed by atoms with Gasteiger partial charge in [0.05, 0.1) is 9.85 Å². The molecule has 1 atom stereocenters. The number of rotatable bonds is 1. The van der Waals surface area contributed by atoms with E-state index in [9.17, 15) is 0 Å². The Hall–Kier alpha value is 0.470. The molecule has 0 radical (unpaired) electrons. The van der Waals surface area contributed by atoms with Crippen molar-refractivity contribution in [2.24, 2.45) is 5.41 Å². The molecule has 0 fully saturated rings. The Morgan fingerprint density at radius 1 is 1.50 bits per heavy atom. The van der Waals surface area contributed by atoms with E-state index in [1.54, 1.807) is 11.3 Å². The highest BCUT2D eigenvalue weighted by Crippen LogP contribution is 2.44. The van der Waals surface area contributed by atoms with Gasteiger partial charge in [-0.3, -0.25) is 0 Å². The molecule has 0 bridgehead atoms. The molecule has 68 valence electrons.